The summed E-state index contributed by atoms with van der Waals surface area (Å²) in [7, 11) is 1.45. The van der Waals surface area contributed by atoms with Gasteiger partial charge in [-0.2, -0.15) is 15.0 Å². The van der Waals surface area contributed by atoms with Crippen molar-refractivity contribution in [2.45, 2.75) is 6.17 Å². The highest BCUT2D eigenvalue weighted by molar-refractivity contribution is 5.82. The predicted octanol–water partition coefficient (Wildman–Crippen LogP) is -1.30. The van der Waals surface area contributed by atoms with Crippen LogP contribution in [0.3, 0.4) is 0 Å². The highest BCUT2D eigenvalue weighted by atomic mass is 16.7. The van der Waals surface area contributed by atoms with Crippen molar-refractivity contribution < 1.29 is 4.84 Å². The van der Waals surface area contributed by atoms with Crippen molar-refractivity contribution in [3.05, 3.63) is 24.5 Å². The van der Waals surface area contributed by atoms with Crippen LogP contribution >= 0.6 is 0 Å². The largest absolute Gasteiger partial charge is 0.368 e. The fourth-order valence-electron chi connectivity index (χ4n) is 2.41. The first-order valence-electron chi connectivity index (χ1n) is 6.56. The van der Waals surface area contributed by atoms with Gasteiger partial charge < -0.3 is 17.2 Å². The van der Waals surface area contributed by atoms with Gasteiger partial charge in [0.2, 0.25) is 11.9 Å². The Morgan fingerprint density at radius 1 is 1.13 bits per heavy atom. The third-order valence-electron chi connectivity index (χ3n) is 3.45. The van der Waals surface area contributed by atoms with Crippen molar-refractivity contribution in [2.75, 3.05) is 12.8 Å². The number of hydroxylamine groups is 2. The van der Waals surface area contributed by atoms with E-state index in [0.29, 0.717) is 22.7 Å². The number of guanidine groups is 1. The molecule has 0 spiro atoms. The Bertz CT molecular complexity index is 925. The monoisotopic (exact) mass is 315 g/mol. The zero-order valence-electron chi connectivity index (χ0n) is 12.0. The number of hydrogen-bond donors (Lipinski definition) is 3. The van der Waals surface area contributed by atoms with Gasteiger partial charge in [0.25, 0.3) is 0 Å². The molecule has 3 aromatic heterocycles. The highest BCUT2D eigenvalue weighted by Crippen LogP contribution is 2.30. The second-order valence-electron chi connectivity index (χ2n) is 4.75. The molecule has 1 atom stereocenters. The van der Waals surface area contributed by atoms with E-state index in [4.69, 9.17) is 22.0 Å². The number of imidazole rings is 2. The average molecular weight is 315 g/mol. The minimum atomic E-state index is -0.678. The molecule has 0 saturated carbocycles. The van der Waals surface area contributed by atoms with Gasteiger partial charge in [0.05, 0.1) is 13.3 Å². The Kier molecular flexibility index (Phi) is 2.70. The molecule has 12 heteroatoms. The van der Waals surface area contributed by atoms with Crippen LogP contribution in [-0.2, 0) is 4.84 Å². The Balaban J connectivity index is 1.92. The van der Waals surface area contributed by atoms with Crippen LogP contribution in [0.5, 0.6) is 0 Å². The highest BCUT2D eigenvalue weighted by Gasteiger charge is 2.31. The van der Waals surface area contributed by atoms with Gasteiger partial charge in [-0.05, 0) is 0 Å². The minimum absolute atomic E-state index is 0.118. The van der Waals surface area contributed by atoms with Gasteiger partial charge in [-0.3, -0.25) is 4.84 Å². The van der Waals surface area contributed by atoms with Gasteiger partial charge in [-0.25, -0.2) is 24.3 Å². The van der Waals surface area contributed by atoms with E-state index in [1.54, 1.807) is 22.0 Å². The summed E-state index contributed by atoms with van der Waals surface area (Å²) in [4.78, 5) is 26.0. The molecule has 0 aromatic carbocycles. The average Bonchev–Trinajstić information content (AvgIpc) is 3.11. The van der Waals surface area contributed by atoms with Crippen molar-refractivity contribution >= 4 is 28.9 Å². The van der Waals surface area contributed by atoms with E-state index in [0.717, 1.165) is 0 Å². The second kappa shape index (κ2) is 4.62. The first-order valence-corrected chi connectivity index (χ1v) is 6.56. The third kappa shape index (κ3) is 1.82. The van der Waals surface area contributed by atoms with Crippen LogP contribution in [0.15, 0.2) is 23.8 Å². The van der Waals surface area contributed by atoms with Crippen molar-refractivity contribution in [3.63, 3.8) is 0 Å². The summed E-state index contributed by atoms with van der Waals surface area (Å²) in [5.41, 5.74) is 19.2. The fourth-order valence-corrected chi connectivity index (χ4v) is 2.41. The van der Waals surface area contributed by atoms with Crippen LogP contribution in [-0.4, -0.2) is 47.4 Å². The van der Waals surface area contributed by atoms with E-state index in [9.17, 15) is 0 Å². The first kappa shape index (κ1) is 13.4. The summed E-state index contributed by atoms with van der Waals surface area (Å²) in [5.74, 6) is 0.714. The Labute approximate surface area is 129 Å². The maximum absolute atomic E-state index is 6.09. The molecule has 0 fully saturated rings. The molecule has 0 aliphatic carbocycles. The number of hydrogen-bond acceptors (Lipinski definition) is 10. The van der Waals surface area contributed by atoms with E-state index >= 15 is 0 Å². The predicted molar refractivity (Wildman–Crippen MR) is 79.8 cm³/mol. The van der Waals surface area contributed by atoms with Gasteiger partial charge >= 0.3 is 0 Å². The number of nitrogens with zero attached hydrogens (tertiary/aromatic N) is 8. The SMILES string of the molecule is CON1C(N)=Nc2c(ncn2-n2cnc3cnc(N)nc32)C1N. The van der Waals surface area contributed by atoms with E-state index in [1.807, 2.05) is 0 Å². The number of nitrogens with two attached hydrogens (primary N) is 3. The molecule has 3 aromatic rings. The van der Waals surface area contributed by atoms with Crippen LogP contribution in [0.2, 0.25) is 0 Å². The van der Waals surface area contributed by atoms with Crippen molar-refractivity contribution in [3.8, 4) is 0 Å². The van der Waals surface area contributed by atoms with Gasteiger partial charge in [0.15, 0.2) is 17.6 Å². The van der Waals surface area contributed by atoms with Gasteiger partial charge in [0.1, 0.15) is 23.9 Å². The van der Waals surface area contributed by atoms with E-state index in [-0.39, 0.29) is 11.9 Å². The molecule has 1 unspecified atom stereocenters. The molecule has 118 valence electrons. The second-order valence-corrected chi connectivity index (χ2v) is 4.75. The molecule has 4 rings (SSSR count). The molecule has 12 nitrogen and oxygen atoms in total. The Morgan fingerprint density at radius 2 is 1.91 bits per heavy atom. The first-order chi connectivity index (χ1) is 11.1. The topological polar surface area (TPSA) is 164 Å². The maximum atomic E-state index is 6.09. The molecule has 1 aliphatic rings. The van der Waals surface area contributed by atoms with Crippen LogP contribution < -0.4 is 17.2 Å². The van der Waals surface area contributed by atoms with Gasteiger partial charge in [0, 0.05) is 0 Å². The normalized spacial score (nSPS) is 17.4. The summed E-state index contributed by atoms with van der Waals surface area (Å²) in [6.45, 7) is 0. The molecule has 1 aliphatic heterocycles. The molecule has 0 amide bonds. The van der Waals surface area contributed by atoms with Crippen molar-refractivity contribution in [2.24, 2.45) is 16.5 Å². The van der Waals surface area contributed by atoms with Crippen LogP contribution in [0.1, 0.15) is 11.9 Å². The molecule has 0 bridgehead atoms. The summed E-state index contributed by atoms with van der Waals surface area (Å²) in [5, 5.41) is 1.27. The number of anilines is 1. The van der Waals surface area contributed by atoms with Crippen LogP contribution in [0.4, 0.5) is 11.8 Å². The lowest BCUT2D eigenvalue weighted by Gasteiger charge is -2.29. The molecular weight excluding hydrogens is 302 g/mol. The molecule has 4 heterocycles. The van der Waals surface area contributed by atoms with Crippen molar-refractivity contribution in [1.29, 1.82) is 0 Å². The van der Waals surface area contributed by atoms with Crippen LogP contribution in [0.25, 0.3) is 11.2 Å². The zero-order valence-corrected chi connectivity index (χ0v) is 12.0. The molecule has 6 N–H and O–H groups in total. The number of fused-ring (bicyclic) bond motifs is 2. The third-order valence-corrected chi connectivity index (χ3v) is 3.45. The fraction of sp³-hybridized carbons (Fsp3) is 0.182. The van der Waals surface area contributed by atoms with Crippen molar-refractivity contribution in [1.82, 2.24) is 34.4 Å². The van der Waals surface area contributed by atoms with E-state index in [1.165, 1.54) is 18.4 Å². The number of rotatable bonds is 2. The molecule has 0 saturated heterocycles. The Hall–Kier alpha value is -3.25. The zero-order chi connectivity index (χ0) is 16.1. The van der Waals surface area contributed by atoms with Gasteiger partial charge in [-0.1, -0.05) is 0 Å². The number of nitrogen functional groups attached to an aromatic ring is 1. The quantitative estimate of drug-likeness (QED) is 0.521. The van der Waals surface area contributed by atoms with Gasteiger partial charge in [-0.15, -0.1) is 0 Å². The van der Waals surface area contributed by atoms with Crippen LogP contribution in [0, 0.1) is 0 Å². The molecule has 0 radical (unpaired) electrons. The summed E-state index contributed by atoms with van der Waals surface area (Å²) < 4.78 is 3.25. The maximum Gasteiger partial charge on any atom is 0.224 e. The summed E-state index contributed by atoms with van der Waals surface area (Å²) >= 11 is 0. The molecule has 23 heavy (non-hydrogen) atoms. The number of aliphatic imine (C=N–C) groups is 1. The summed E-state index contributed by atoms with van der Waals surface area (Å²) in [6.07, 6.45) is 3.96. The lowest BCUT2D eigenvalue weighted by atomic mass is 10.3. The standard InChI is InChI=1S/C11H13N11O/c1-23-22-7(12)6-9(19-11(22)14)21(4-17-6)20-3-16-5-2-15-10(13)18-8(5)20/h2-4,7H,12H2,1H3,(H2,14,19)(H2,13,15,18). The minimum Gasteiger partial charge on any atom is -0.368 e. The van der Waals surface area contributed by atoms with E-state index in [2.05, 4.69) is 24.9 Å². The lowest BCUT2D eigenvalue weighted by Crippen LogP contribution is -2.45. The number of aromatic nitrogens is 6. The lowest BCUT2D eigenvalue weighted by molar-refractivity contribution is -0.101. The molecular formula is C11H13N11O. The van der Waals surface area contributed by atoms with E-state index < -0.39 is 6.17 Å². The Morgan fingerprint density at radius 3 is 2.70 bits per heavy atom. The smallest absolute Gasteiger partial charge is 0.224 e. The summed E-state index contributed by atoms with van der Waals surface area (Å²) in [6, 6.07) is 0.